The number of benzene rings is 1. The van der Waals surface area contributed by atoms with E-state index in [1.165, 1.54) is 23.1 Å². The van der Waals surface area contributed by atoms with Crippen LogP contribution in [0.25, 0.3) is 11.3 Å². The number of aromatic nitrogens is 1. The van der Waals surface area contributed by atoms with E-state index in [1.54, 1.807) is 16.7 Å². The van der Waals surface area contributed by atoms with Crippen molar-refractivity contribution in [1.29, 1.82) is 0 Å². The van der Waals surface area contributed by atoms with Gasteiger partial charge in [0.2, 0.25) is 11.8 Å². The standard InChI is InChI=1S/C23H30N4O5S2/c1-4-31-18-8-6-17(7-9-18)21-16(3)34-22(25-21)24-19(28)14-33-15-20(29)26-10-12-27(13-11-26)23(30)32-5-2/h6-9H,4-5,10-15H2,1-3H3,(H,24,25,28). The summed E-state index contributed by atoms with van der Waals surface area (Å²) in [6, 6.07) is 7.71. The average Bonchev–Trinajstić information content (AvgIpc) is 3.19. The smallest absolute Gasteiger partial charge is 0.409 e. The molecule has 0 unspecified atom stereocenters. The van der Waals surface area contributed by atoms with Crippen LogP contribution >= 0.6 is 23.1 Å². The van der Waals surface area contributed by atoms with Crippen molar-refractivity contribution in [3.05, 3.63) is 29.1 Å². The van der Waals surface area contributed by atoms with Crippen LogP contribution in [0.15, 0.2) is 24.3 Å². The molecule has 1 N–H and O–H groups in total. The number of ether oxygens (including phenoxy) is 2. The van der Waals surface area contributed by atoms with Crippen molar-refractivity contribution in [2.24, 2.45) is 0 Å². The Morgan fingerprint density at radius 3 is 2.35 bits per heavy atom. The molecule has 0 spiro atoms. The molecule has 1 aliphatic rings. The van der Waals surface area contributed by atoms with Crippen molar-refractivity contribution in [1.82, 2.24) is 14.8 Å². The van der Waals surface area contributed by atoms with Crippen LogP contribution in [0, 0.1) is 6.92 Å². The van der Waals surface area contributed by atoms with Gasteiger partial charge in [0.05, 0.1) is 30.4 Å². The fourth-order valence-corrected chi connectivity index (χ4v) is 4.99. The second kappa shape index (κ2) is 12.6. The van der Waals surface area contributed by atoms with Gasteiger partial charge in [-0.2, -0.15) is 0 Å². The molecule has 1 aromatic carbocycles. The summed E-state index contributed by atoms with van der Waals surface area (Å²) in [6.45, 7) is 8.47. The van der Waals surface area contributed by atoms with Crippen LogP contribution in [0.5, 0.6) is 5.75 Å². The Labute approximate surface area is 207 Å². The Morgan fingerprint density at radius 2 is 1.71 bits per heavy atom. The molecule has 0 aliphatic carbocycles. The number of aryl methyl sites for hydroxylation is 1. The van der Waals surface area contributed by atoms with Crippen LogP contribution in [0.2, 0.25) is 0 Å². The summed E-state index contributed by atoms with van der Waals surface area (Å²) in [5, 5.41) is 3.36. The summed E-state index contributed by atoms with van der Waals surface area (Å²) < 4.78 is 10.5. The number of thioether (sulfide) groups is 1. The van der Waals surface area contributed by atoms with Crippen molar-refractivity contribution < 1.29 is 23.9 Å². The lowest BCUT2D eigenvalue weighted by Gasteiger charge is -2.34. The molecule has 3 amide bonds. The first-order valence-electron chi connectivity index (χ1n) is 11.2. The molecule has 2 heterocycles. The molecule has 1 saturated heterocycles. The largest absolute Gasteiger partial charge is 0.494 e. The predicted molar refractivity (Wildman–Crippen MR) is 135 cm³/mol. The summed E-state index contributed by atoms with van der Waals surface area (Å²) in [5.41, 5.74) is 1.79. The van der Waals surface area contributed by atoms with Gasteiger partial charge in [0.25, 0.3) is 0 Å². The number of carbonyl (C=O) groups excluding carboxylic acids is 3. The molecule has 9 nitrogen and oxygen atoms in total. The minimum Gasteiger partial charge on any atom is -0.494 e. The summed E-state index contributed by atoms with van der Waals surface area (Å²) in [4.78, 5) is 45.4. The normalized spacial score (nSPS) is 13.5. The third-order valence-corrected chi connectivity index (χ3v) is 6.90. The molecular formula is C23H30N4O5S2. The van der Waals surface area contributed by atoms with Crippen molar-refractivity contribution >= 4 is 46.1 Å². The average molecular weight is 507 g/mol. The van der Waals surface area contributed by atoms with Crippen molar-refractivity contribution in [3.8, 4) is 17.0 Å². The Kier molecular flexibility index (Phi) is 9.58. The van der Waals surface area contributed by atoms with Crippen LogP contribution in [0.4, 0.5) is 9.93 Å². The van der Waals surface area contributed by atoms with E-state index in [1.807, 2.05) is 38.1 Å². The molecule has 0 radical (unpaired) electrons. The molecule has 0 bridgehead atoms. The summed E-state index contributed by atoms with van der Waals surface area (Å²) in [6.07, 6.45) is -0.344. The maximum Gasteiger partial charge on any atom is 0.409 e. The number of carbonyl (C=O) groups is 3. The number of anilines is 1. The number of nitrogens with zero attached hydrogens (tertiary/aromatic N) is 3. The highest BCUT2D eigenvalue weighted by molar-refractivity contribution is 8.00. The molecule has 0 atom stereocenters. The number of hydrogen-bond acceptors (Lipinski definition) is 8. The number of amides is 3. The zero-order chi connectivity index (χ0) is 24.5. The van der Waals surface area contributed by atoms with Gasteiger partial charge in [0.15, 0.2) is 5.13 Å². The minimum absolute atomic E-state index is 0.0378. The van der Waals surface area contributed by atoms with Gasteiger partial charge >= 0.3 is 6.09 Å². The SMILES string of the molecule is CCOC(=O)N1CCN(C(=O)CSCC(=O)Nc2nc(-c3ccc(OCC)cc3)c(C)s2)CC1. The first-order valence-corrected chi connectivity index (χ1v) is 13.2. The van der Waals surface area contributed by atoms with Gasteiger partial charge in [0, 0.05) is 36.6 Å². The quantitative estimate of drug-likeness (QED) is 0.556. The number of piperazine rings is 1. The van der Waals surface area contributed by atoms with E-state index in [4.69, 9.17) is 9.47 Å². The number of nitrogens with one attached hydrogen (secondary N) is 1. The molecule has 11 heteroatoms. The molecule has 0 saturated carbocycles. The monoisotopic (exact) mass is 506 g/mol. The topological polar surface area (TPSA) is 101 Å². The number of rotatable bonds is 9. The van der Waals surface area contributed by atoms with Crippen LogP contribution in [-0.2, 0) is 14.3 Å². The number of hydrogen-bond donors (Lipinski definition) is 1. The van der Waals surface area contributed by atoms with Gasteiger partial charge in [0.1, 0.15) is 5.75 Å². The van der Waals surface area contributed by atoms with Crippen molar-refractivity contribution in [3.63, 3.8) is 0 Å². The van der Waals surface area contributed by atoms with E-state index < -0.39 is 0 Å². The number of thiazole rings is 1. The van der Waals surface area contributed by atoms with E-state index >= 15 is 0 Å². The van der Waals surface area contributed by atoms with Gasteiger partial charge in [-0.3, -0.25) is 9.59 Å². The van der Waals surface area contributed by atoms with Gasteiger partial charge in [-0.15, -0.1) is 23.1 Å². The fourth-order valence-electron chi connectivity index (χ4n) is 3.42. The van der Waals surface area contributed by atoms with Crippen LogP contribution < -0.4 is 10.1 Å². The van der Waals surface area contributed by atoms with Crippen LogP contribution in [0.3, 0.4) is 0 Å². The van der Waals surface area contributed by atoms with Gasteiger partial charge in [-0.25, -0.2) is 9.78 Å². The lowest BCUT2D eigenvalue weighted by molar-refractivity contribution is -0.129. The third-order valence-electron chi connectivity index (χ3n) is 5.10. The Balaban J connectivity index is 1.42. The molecule has 1 fully saturated rings. The Bertz CT molecular complexity index is 988. The summed E-state index contributed by atoms with van der Waals surface area (Å²) in [7, 11) is 0. The van der Waals surface area contributed by atoms with E-state index in [9.17, 15) is 14.4 Å². The highest BCUT2D eigenvalue weighted by Crippen LogP contribution is 2.31. The lowest BCUT2D eigenvalue weighted by atomic mass is 10.1. The zero-order valence-electron chi connectivity index (χ0n) is 19.7. The van der Waals surface area contributed by atoms with Gasteiger partial charge in [-0.1, -0.05) is 0 Å². The van der Waals surface area contributed by atoms with Gasteiger partial charge in [-0.05, 0) is 45.0 Å². The van der Waals surface area contributed by atoms with E-state index in [-0.39, 0.29) is 29.4 Å². The molecular weight excluding hydrogens is 476 g/mol. The zero-order valence-corrected chi connectivity index (χ0v) is 21.3. The first kappa shape index (κ1) is 25.8. The summed E-state index contributed by atoms with van der Waals surface area (Å²) >= 11 is 2.68. The second-order valence-corrected chi connectivity index (χ2v) is 9.68. The predicted octanol–water partition coefficient (Wildman–Crippen LogP) is 3.49. The molecule has 1 aromatic heterocycles. The lowest BCUT2D eigenvalue weighted by Crippen LogP contribution is -2.51. The second-order valence-electron chi connectivity index (χ2n) is 7.49. The van der Waals surface area contributed by atoms with Crippen molar-refractivity contribution in [2.75, 3.05) is 56.2 Å². The highest BCUT2D eigenvalue weighted by Gasteiger charge is 2.24. The van der Waals surface area contributed by atoms with E-state index in [0.29, 0.717) is 44.5 Å². The molecule has 3 rings (SSSR count). The minimum atomic E-state index is -0.344. The summed E-state index contributed by atoms with van der Waals surface area (Å²) in [5.74, 6) is 0.938. The molecule has 34 heavy (non-hydrogen) atoms. The third kappa shape index (κ3) is 7.10. The fraction of sp³-hybridized carbons (Fsp3) is 0.478. The maximum absolute atomic E-state index is 12.4. The van der Waals surface area contributed by atoms with Crippen LogP contribution in [0.1, 0.15) is 18.7 Å². The van der Waals surface area contributed by atoms with E-state index in [0.717, 1.165) is 21.9 Å². The Hall–Kier alpha value is -2.79. The molecule has 184 valence electrons. The Morgan fingerprint density at radius 1 is 1.03 bits per heavy atom. The highest BCUT2D eigenvalue weighted by atomic mass is 32.2. The first-order chi connectivity index (χ1) is 16.4. The molecule has 1 aliphatic heterocycles. The van der Waals surface area contributed by atoms with Crippen LogP contribution in [-0.4, -0.2) is 83.6 Å². The van der Waals surface area contributed by atoms with Crippen molar-refractivity contribution in [2.45, 2.75) is 20.8 Å². The van der Waals surface area contributed by atoms with Gasteiger partial charge < -0.3 is 24.6 Å². The van der Waals surface area contributed by atoms with E-state index in [2.05, 4.69) is 10.3 Å². The molecule has 2 aromatic rings. The maximum atomic E-state index is 12.4.